The van der Waals surface area contributed by atoms with Gasteiger partial charge in [-0.05, 0) is 94.4 Å². The third-order valence-corrected chi connectivity index (χ3v) is 6.56. The van der Waals surface area contributed by atoms with Gasteiger partial charge in [-0.1, -0.05) is 35.9 Å². The van der Waals surface area contributed by atoms with Crippen molar-refractivity contribution in [3.63, 3.8) is 0 Å². The molecule has 4 nitrogen and oxygen atoms in total. The van der Waals surface area contributed by atoms with Crippen LogP contribution in [-0.2, 0) is 0 Å². The number of amides is 1. The number of hydrogen-bond donors (Lipinski definition) is 0. The Kier molecular flexibility index (Phi) is 10.5. The third kappa shape index (κ3) is 7.09. The second kappa shape index (κ2) is 12.8. The van der Waals surface area contributed by atoms with Crippen LogP contribution in [0.4, 0.5) is 0 Å². The van der Waals surface area contributed by atoms with Gasteiger partial charge in [-0.2, -0.15) is 0 Å². The van der Waals surface area contributed by atoms with Gasteiger partial charge in [0.2, 0.25) is 0 Å². The van der Waals surface area contributed by atoms with E-state index in [4.69, 9.17) is 4.74 Å². The van der Waals surface area contributed by atoms with Gasteiger partial charge in [0, 0.05) is 25.2 Å². The Labute approximate surface area is 206 Å². The number of allylic oxidation sites excluding steroid dienone is 1. The van der Waals surface area contributed by atoms with Gasteiger partial charge in [0.15, 0.2) is 0 Å². The number of nitrogens with zero attached hydrogens (tertiary/aromatic N) is 2. The molecule has 0 unspecified atom stereocenters. The van der Waals surface area contributed by atoms with E-state index in [2.05, 4.69) is 49.3 Å². The fourth-order valence-corrected chi connectivity index (χ4v) is 4.89. The fraction of sp³-hybridized carbons (Fsp3) is 0.464. The maximum absolute atomic E-state index is 12.8. The molecule has 33 heavy (non-hydrogen) atoms. The van der Waals surface area contributed by atoms with Crippen LogP contribution in [0.2, 0.25) is 0 Å². The zero-order valence-electron chi connectivity index (χ0n) is 20.7. The molecule has 0 aliphatic heterocycles. The van der Waals surface area contributed by atoms with Crippen molar-refractivity contribution >= 4 is 24.4 Å². The monoisotopic (exact) mass is 470 g/mol. The average molecular weight is 471 g/mol. The van der Waals surface area contributed by atoms with E-state index in [1.165, 1.54) is 17.6 Å². The number of benzene rings is 2. The Morgan fingerprint density at radius 1 is 1.09 bits per heavy atom. The summed E-state index contributed by atoms with van der Waals surface area (Å²) in [6, 6.07) is 16.6. The van der Waals surface area contributed by atoms with Crippen LogP contribution in [0, 0.1) is 5.92 Å². The van der Waals surface area contributed by atoms with Crippen LogP contribution in [0.25, 0.3) is 6.08 Å². The van der Waals surface area contributed by atoms with Gasteiger partial charge in [0.05, 0.1) is 7.11 Å². The summed E-state index contributed by atoms with van der Waals surface area (Å²) >= 11 is 0. The first kappa shape index (κ1) is 26.9. The van der Waals surface area contributed by atoms with Crippen molar-refractivity contribution in [2.24, 2.45) is 5.92 Å². The van der Waals surface area contributed by atoms with Crippen molar-refractivity contribution in [1.82, 2.24) is 9.80 Å². The minimum absolute atomic E-state index is 0. The lowest BCUT2D eigenvalue weighted by Crippen LogP contribution is -2.30. The van der Waals surface area contributed by atoms with E-state index in [1.807, 2.05) is 43.0 Å². The van der Waals surface area contributed by atoms with Gasteiger partial charge in [-0.3, -0.25) is 4.79 Å². The summed E-state index contributed by atoms with van der Waals surface area (Å²) < 4.78 is 5.50. The summed E-state index contributed by atoms with van der Waals surface area (Å²) in [5.74, 6) is 2.11. The molecule has 5 heteroatoms. The summed E-state index contributed by atoms with van der Waals surface area (Å²) in [7, 11) is 6.05. The standard InChI is InChI=1S/C28H38N2O2.ClH/c1-6-30(7-2)28(31)24-12-8-10-21(17-24)16-22-14-15-25(20-29(3)4)27(18-22)23-11-9-13-26(19-23)32-5;/h8-13,16-17,19,25,27H,6-7,14-15,18,20H2,1-5H3;1H/b22-16+;/t25-,27+;/m0./s1. The van der Waals surface area contributed by atoms with Crippen LogP contribution in [-0.4, -0.2) is 56.5 Å². The van der Waals surface area contributed by atoms with Crippen LogP contribution < -0.4 is 4.74 Å². The van der Waals surface area contributed by atoms with Crippen LogP contribution in [0.5, 0.6) is 5.75 Å². The maximum Gasteiger partial charge on any atom is 0.253 e. The molecule has 1 amide bonds. The molecular weight excluding hydrogens is 432 g/mol. The Balaban J connectivity index is 0.00000385. The van der Waals surface area contributed by atoms with E-state index in [9.17, 15) is 4.79 Å². The van der Waals surface area contributed by atoms with Crippen LogP contribution in [0.1, 0.15) is 60.5 Å². The van der Waals surface area contributed by atoms with Gasteiger partial charge in [0.25, 0.3) is 5.91 Å². The molecule has 0 aromatic heterocycles. The molecule has 2 atom stereocenters. The summed E-state index contributed by atoms with van der Waals surface area (Å²) in [6.07, 6.45) is 5.62. The molecule has 1 fully saturated rings. The maximum atomic E-state index is 12.8. The van der Waals surface area contributed by atoms with E-state index < -0.39 is 0 Å². The Morgan fingerprint density at radius 3 is 2.48 bits per heavy atom. The molecular formula is C28H39ClN2O2. The lowest BCUT2D eigenvalue weighted by Gasteiger charge is -2.35. The minimum atomic E-state index is 0. The van der Waals surface area contributed by atoms with E-state index in [0.717, 1.165) is 49.4 Å². The van der Waals surface area contributed by atoms with Gasteiger partial charge in [-0.15, -0.1) is 12.4 Å². The Morgan fingerprint density at radius 2 is 1.82 bits per heavy atom. The number of methoxy groups -OCH3 is 1. The molecule has 1 aliphatic carbocycles. The van der Waals surface area contributed by atoms with Crippen LogP contribution in [0.3, 0.4) is 0 Å². The van der Waals surface area contributed by atoms with Crippen molar-refractivity contribution in [1.29, 1.82) is 0 Å². The third-order valence-electron chi connectivity index (χ3n) is 6.56. The minimum Gasteiger partial charge on any atom is -0.497 e. The summed E-state index contributed by atoms with van der Waals surface area (Å²) in [6.45, 7) is 6.60. The Hall–Kier alpha value is -2.30. The molecule has 180 valence electrons. The molecule has 1 aliphatic rings. The van der Waals surface area contributed by atoms with Gasteiger partial charge in [0.1, 0.15) is 5.75 Å². The van der Waals surface area contributed by atoms with Crippen LogP contribution in [0.15, 0.2) is 54.1 Å². The SMILES string of the molecule is CCN(CC)C(=O)c1cccc(/C=C2\CC[C@@H](CN(C)C)[C@@H](c3cccc(OC)c3)C2)c1.Cl. The topological polar surface area (TPSA) is 32.8 Å². The molecule has 1 saturated carbocycles. The first-order valence-electron chi connectivity index (χ1n) is 11.8. The summed E-state index contributed by atoms with van der Waals surface area (Å²) in [5, 5.41) is 0. The molecule has 2 aromatic carbocycles. The lowest BCUT2D eigenvalue weighted by atomic mass is 9.73. The highest BCUT2D eigenvalue weighted by Crippen LogP contribution is 2.42. The Bertz CT molecular complexity index is 937. The van der Waals surface area contributed by atoms with Crippen molar-refractivity contribution in [3.8, 4) is 5.75 Å². The number of hydrogen-bond acceptors (Lipinski definition) is 3. The molecule has 0 bridgehead atoms. The number of carbonyl (C=O) groups excluding carboxylic acids is 1. The number of halogens is 1. The zero-order chi connectivity index (χ0) is 23.1. The first-order chi connectivity index (χ1) is 15.4. The predicted octanol–water partition coefficient (Wildman–Crippen LogP) is 6.13. The van der Waals surface area contributed by atoms with Gasteiger partial charge >= 0.3 is 0 Å². The van der Waals surface area contributed by atoms with Crippen molar-refractivity contribution in [2.75, 3.05) is 40.8 Å². The molecule has 3 rings (SSSR count). The quantitative estimate of drug-likeness (QED) is 0.465. The van der Waals surface area contributed by atoms with E-state index >= 15 is 0 Å². The average Bonchev–Trinajstić information content (AvgIpc) is 2.80. The highest BCUT2D eigenvalue weighted by Gasteiger charge is 2.29. The highest BCUT2D eigenvalue weighted by molar-refractivity contribution is 5.94. The van der Waals surface area contributed by atoms with E-state index in [-0.39, 0.29) is 18.3 Å². The number of rotatable bonds is 8. The van der Waals surface area contributed by atoms with Gasteiger partial charge in [-0.25, -0.2) is 0 Å². The fourth-order valence-electron chi connectivity index (χ4n) is 4.89. The van der Waals surface area contributed by atoms with Gasteiger partial charge < -0.3 is 14.5 Å². The molecule has 2 aromatic rings. The second-order valence-electron chi connectivity index (χ2n) is 9.05. The number of ether oxygens (including phenoxy) is 1. The van der Waals surface area contributed by atoms with E-state index in [1.54, 1.807) is 7.11 Å². The van der Waals surface area contributed by atoms with E-state index in [0.29, 0.717) is 11.8 Å². The molecule has 0 radical (unpaired) electrons. The second-order valence-corrected chi connectivity index (χ2v) is 9.05. The summed E-state index contributed by atoms with van der Waals surface area (Å²) in [4.78, 5) is 17.0. The molecule has 0 saturated heterocycles. The zero-order valence-corrected chi connectivity index (χ0v) is 21.5. The molecule has 0 heterocycles. The lowest BCUT2D eigenvalue weighted by molar-refractivity contribution is 0.0773. The van der Waals surface area contributed by atoms with Crippen molar-refractivity contribution in [3.05, 3.63) is 70.8 Å². The normalized spacial score (nSPS) is 19.3. The predicted molar refractivity (Wildman–Crippen MR) is 141 cm³/mol. The highest BCUT2D eigenvalue weighted by atomic mass is 35.5. The smallest absolute Gasteiger partial charge is 0.253 e. The summed E-state index contributed by atoms with van der Waals surface area (Å²) in [5.41, 5.74) is 4.70. The van der Waals surface area contributed by atoms with Crippen LogP contribution >= 0.6 is 12.4 Å². The molecule has 0 spiro atoms. The largest absolute Gasteiger partial charge is 0.497 e. The molecule has 0 N–H and O–H groups in total. The van der Waals surface area contributed by atoms with Crippen molar-refractivity contribution < 1.29 is 9.53 Å². The van der Waals surface area contributed by atoms with Crippen molar-refractivity contribution in [2.45, 2.75) is 39.0 Å². The first-order valence-corrected chi connectivity index (χ1v) is 11.8. The number of carbonyl (C=O) groups is 1.